The molecule has 0 radical (unpaired) electrons. The van der Waals surface area contributed by atoms with Gasteiger partial charge < -0.3 is 10.1 Å². The molecule has 29 heavy (non-hydrogen) atoms. The van der Waals surface area contributed by atoms with Crippen molar-refractivity contribution in [3.63, 3.8) is 0 Å². The highest BCUT2D eigenvalue weighted by Gasteiger charge is 2.29. The zero-order valence-electron chi connectivity index (χ0n) is 16.7. The Morgan fingerprint density at radius 3 is 2.55 bits per heavy atom. The van der Waals surface area contributed by atoms with Gasteiger partial charge >= 0.3 is 0 Å². The van der Waals surface area contributed by atoms with E-state index in [9.17, 15) is 13.2 Å². The molecule has 1 heterocycles. The van der Waals surface area contributed by atoms with Crippen molar-refractivity contribution < 1.29 is 17.9 Å². The van der Waals surface area contributed by atoms with Gasteiger partial charge in [0.25, 0.3) is 0 Å². The van der Waals surface area contributed by atoms with Crippen molar-refractivity contribution in [1.29, 1.82) is 0 Å². The van der Waals surface area contributed by atoms with E-state index >= 15 is 0 Å². The van der Waals surface area contributed by atoms with E-state index in [1.54, 1.807) is 18.2 Å². The lowest BCUT2D eigenvalue weighted by Crippen LogP contribution is -2.35. The Hall–Kier alpha value is -2.64. The number of carbonyl (C=O) groups is 1. The van der Waals surface area contributed by atoms with Gasteiger partial charge in [0.05, 0.1) is 7.11 Å². The van der Waals surface area contributed by atoms with Crippen molar-refractivity contribution in [3.05, 3.63) is 59.7 Å². The molecular weight excluding hydrogens is 388 g/mol. The zero-order chi connectivity index (χ0) is 20.9. The van der Waals surface area contributed by atoms with Crippen LogP contribution in [0.5, 0.6) is 5.75 Å². The van der Waals surface area contributed by atoms with Gasteiger partial charge in [0, 0.05) is 24.9 Å². The SMILES string of the molecule is COc1ccc(NC(=O)C=Cc2cccc(C)c2)cc1S(=O)(=O)N1CCCCC1. The summed E-state index contributed by atoms with van der Waals surface area (Å²) in [5.41, 5.74) is 2.43. The summed E-state index contributed by atoms with van der Waals surface area (Å²) in [6.45, 7) is 2.99. The number of benzene rings is 2. The first-order valence-corrected chi connectivity index (χ1v) is 11.1. The standard InChI is InChI=1S/C22H26N2O4S/c1-17-7-6-8-18(15-17)9-12-22(25)23-19-10-11-20(28-2)21(16-19)29(26,27)24-13-4-3-5-14-24/h6-12,15-16H,3-5,13-14H2,1-2H3,(H,23,25). The van der Waals surface area contributed by atoms with Crippen LogP contribution >= 0.6 is 0 Å². The summed E-state index contributed by atoms with van der Waals surface area (Å²) in [7, 11) is -2.25. The molecule has 6 nitrogen and oxygen atoms in total. The first-order chi connectivity index (χ1) is 13.9. The number of piperidine rings is 1. The van der Waals surface area contributed by atoms with Crippen molar-refractivity contribution in [3.8, 4) is 5.75 Å². The number of carbonyl (C=O) groups excluding carboxylic acids is 1. The van der Waals surface area contributed by atoms with Crippen LogP contribution in [0.15, 0.2) is 53.4 Å². The second kappa shape index (κ2) is 9.24. The highest BCUT2D eigenvalue weighted by Crippen LogP contribution is 2.31. The largest absolute Gasteiger partial charge is 0.495 e. The molecule has 2 aromatic rings. The monoisotopic (exact) mass is 414 g/mol. The van der Waals surface area contributed by atoms with Crippen LogP contribution < -0.4 is 10.1 Å². The Bertz CT molecular complexity index is 1010. The number of hydrogen-bond acceptors (Lipinski definition) is 4. The molecule has 0 atom stereocenters. The minimum Gasteiger partial charge on any atom is -0.495 e. The quantitative estimate of drug-likeness (QED) is 0.729. The van der Waals surface area contributed by atoms with Crippen LogP contribution in [0.3, 0.4) is 0 Å². The van der Waals surface area contributed by atoms with E-state index in [0.717, 1.165) is 30.4 Å². The Morgan fingerprint density at radius 1 is 1.10 bits per heavy atom. The molecule has 0 spiro atoms. The smallest absolute Gasteiger partial charge is 0.248 e. The normalized spacial score (nSPS) is 15.4. The lowest BCUT2D eigenvalue weighted by atomic mass is 10.1. The number of anilines is 1. The lowest BCUT2D eigenvalue weighted by Gasteiger charge is -2.26. The average molecular weight is 415 g/mol. The molecule has 1 amide bonds. The summed E-state index contributed by atoms with van der Waals surface area (Å²) >= 11 is 0. The summed E-state index contributed by atoms with van der Waals surface area (Å²) < 4.78 is 32.9. The van der Waals surface area contributed by atoms with Gasteiger partial charge in [-0.15, -0.1) is 0 Å². The van der Waals surface area contributed by atoms with Crippen LogP contribution in [0.4, 0.5) is 5.69 Å². The van der Waals surface area contributed by atoms with Gasteiger partial charge in [-0.2, -0.15) is 4.31 Å². The van der Waals surface area contributed by atoms with Crippen LogP contribution in [0.1, 0.15) is 30.4 Å². The zero-order valence-corrected chi connectivity index (χ0v) is 17.5. The van der Waals surface area contributed by atoms with Crippen molar-refractivity contribution in [2.24, 2.45) is 0 Å². The molecule has 3 rings (SSSR count). The molecule has 0 bridgehead atoms. The number of aryl methyl sites for hydroxylation is 1. The molecular formula is C22H26N2O4S. The minimum absolute atomic E-state index is 0.0716. The van der Waals surface area contributed by atoms with Gasteiger partial charge in [0.15, 0.2) is 0 Å². The Kier molecular flexibility index (Phi) is 6.71. The second-order valence-electron chi connectivity index (χ2n) is 7.07. The summed E-state index contributed by atoms with van der Waals surface area (Å²) in [5, 5.41) is 2.73. The fourth-order valence-corrected chi connectivity index (χ4v) is 5.03. The van der Waals surface area contributed by atoms with Crippen molar-refractivity contribution >= 4 is 27.7 Å². The molecule has 0 saturated carbocycles. The van der Waals surface area contributed by atoms with Gasteiger partial charge in [0.2, 0.25) is 15.9 Å². The van der Waals surface area contributed by atoms with Gasteiger partial charge in [0.1, 0.15) is 10.6 Å². The Morgan fingerprint density at radius 2 is 1.86 bits per heavy atom. The number of methoxy groups -OCH3 is 1. The molecule has 1 N–H and O–H groups in total. The molecule has 1 aliphatic rings. The van der Waals surface area contributed by atoms with E-state index < -0.39 is 10.0 Å². The molecule has 1 saturated heterocycles. The van der Waals surface area contributed by atoms with Gasteiger partial charge in [-0.1, -0.05) is 36.2 Å². The summed E-state index contributed by atoms with van der Waals surface area (Å²) in [4.78, 5) is 12.4. The van der Waals surface area contributed by atoms with E-state index in [1.807, 2.05) is 31.2 Å². The Labute approximate surface area is 172 Å². The number of nitrogens with one attached hydrogen (secondary N) is 1. The lowest BCUT2D eigenvalue weighted by molar-refractivity contribution is -0.111. The second-order valence-corrected chi connectivity index (χ2v) is 8.97. The minimum atomic E-state index is -3.68. The third kappa shape index (κ3) is 5.25. The maximum absolute atomic E-state index is 13.1. The summed E-state index contributed by atoms with van der Waals surface area (Å²) in [5.74, 6) is -0.0677. The average Bonchev–Trinajstić information content (AvgIpc) is 2.73. The van der Waals surface area contributed by atoms with E-state index in [2.05, 4.69) is 5.32 Å². The molecule has 1 fully saturated rings. The fraction of sp³-hybridized carbons (Fsp3) is 0.318. The topological polar surface area (TPSA) is 75.7 Å². The van der Waals surface area contributed by atoms with E-state index in [1.165, 1.54) is 23.6 Å². The highest BCUT2D eigenvalue weighted by atomic mass is 32.2. The van der Waals surface area contributed by atoms with Crippen LogP contribution in [0, 0.1) is 6.92 Å². The molecule has 154 valence electrons. The predicted octanol–water partition coefficient (Wildman–Crippen LogP) is 3.83. The maximum Gasteiger partial charge on any atom is 0.248 e. The third-order valence-electron chi connectivity index (χ3n) is 4.83. The van der Waals surface area contributed by atoms with E-state index in [4.69, 9.17) is 4.74 Å². The van der Waals surface area contributed by atoms with Crippen molar-refractivity contribution in [2.75, 3.05) is 25.5 Å². The number of hydrogen-bond donors (Lipinski definition) is 1. The predicted molar refractivity (Wildman–Crippen MR) is 114 cm³/mol. The fourth-order valence-electron chi connectivity index (χ4n) is 3.33. The molecule has 1 aliphatic heterocycles. The molecule has 0 aliphatic carbocycles. The summed E-state index contributed by atoms with van der Waals surface area (Å²) in [6.07, 6.45) is 5.88. The highest BCUT2D eigenvalue weighted by molar-refractivity contribution is 7.89. The number of rotatable bonds is 6. The first-order valence-electron chi connectivity index (χ1n) is 9.64. The molecule has 2 aromatic carbocycles. The van der Waals surface area contributed by atoms with Gasteiger partial charge in [-0.25, -0.2) is 8.42 Å². The van der Waals surface area contributed by atoms with Crippen LogP contribution in [-0.4, -0.2) is 38.8 Å². The number of ether oxygens (including phenoxy) is 1. The maximum atomic E-state index is 13.1. The number of sulfonamides is 1. The van der Waals surface area contributed by atoms with E-state index in [0.29, 0.717) is 18.8 Å². The summed E-state index contributed by atoms with van der Waals surface area (Å²) in [6, 6.07) is 12.4. The molecule has 0 unspecified atom stereocenters. The van der Waals surface area contributed by atoms with Crippen molar-refractivity contribution in [1.82, 2.24) is 4.31 Å². The Balaban J connectivity index is 1.80. The van der Waals surface area contributed by atoms with Gasteiger partial charge in [-0.05, 0) is 49.6 Å². The van der Waals surface area contributed by atoms with Crippen LogP contribution in [0.25, 0.3) is 6.08 Å². The molecule has 7 heteroatoms. The van der Waals surface area contributed by atoms with Crippen LogP contribution in [-0.2, 0) is 14.8 Å². The first kappa shape index (κ1) is 21.1. The van der Waals surface area contributed by atoms with Gasteiger partial charge in [-0.3, -0.25) is 4.79 Å². The van der Waals surface area contributed by atoms with Crippen molar-refractivity contribution in [2.45, 2.75) is 31.1 Å². The third-order valence-corrected chi connectivity index (χ3v) is 6.75. The van der Waals surface area contributed by atoms with E-state index in [-0.39, 0.29) is 16.6 Å². The number of nitrogens with zero attached hydrogens (tertiary/aromatic N) is 1. The van der Waals surface area contributed by atoms with Crippen LogP contribution in [0.2, 0.25) is 0 Å². The molecule has 0 aromatic heterocycles. The number of amides is 1.